The van der Waals surface area contributed by atoms with E-state index in [9.17, 15) is 4.79 Å². The second kappa shape index (κ2) is 10.3. The number of aromatic nitrogens is 1. The van der Waals surface area contributed by atoms with Gasteiger partial charge in [-0.1, -0.05) is 18.2 Å². The number of carbonyl (C=O) groups excluding carboxylic acids is 1. The van der Waals surface area contributed by atoms with Crippen LogP contribution in [0.2, 0.25) is 0 Å². The van der Waals surface area contributed by atoms with Crippen molar-refractivity contribution in [1.29, 1.82) is 0 Å². The smallest absolute Gasteiger partial charge is 0.230 e. The number of hydrogen-bond donors (Lipinski definition) is 1. The number of amides is 1. The lowest BCUT2D eigenvalue weighted by Gasteiger charge is -2.33. The van der Waals surface area contributed by atoms with Gasteiger partial charge in [-0.15, -0.1) is 0 Å². The largest absolute Gasteiger partial charge is 0.441 e. The van der Waals surface area contributed by atoms with Gasteiger partial charge in [0.25, 0.3) is 0 Å². The fraction of sp³-hybridized carbons (Fsp3) is 0.385. The molecule has 0 atom stereocenters. The maximum Gasteiger partial charge on any atom is 0.230 e. The number of nitrogens with one attached hydrogen (secondary N) is 1. The first-order valence-corrected chi connectivity index (χ1v) is 11.8. The Hall–Kier alpha value is -3.36. The molecule has 2 aliphatic rings. The summed E-state index contributed by atoms with van der Waals surface area (Å²) in [5, 5.41) is 3.12. The van der Waals surface area contributed by atoms with E-state index < -0.39 is 0 Å². The van der Waals surface area contributed by atoms with Crippen LogP contribution in [0.1, 0.15) is 11.5 Å². The first-order chi connectivity index (χ1) is 16.7. The summed E-state index contributed by atoms with van der Waals surface area (Å²) in [7, 11) is 0. The third kappa shape index (κ3) is 5.08. The number of benzene rings is 2. The highest BCUT2D eigenvalue weighted by atomic mass is 16.5. The molecule has 0 spiro atoms. The van der Waals surface area contributed by atoms with Gasteiger partial charge in [0, 0.05) is 37.4 Å². The van der Waals surface area contributed by atoms with Gasteiger partial charge in [0.15, 0.2) is 0 Å². The Kier molecular flexibility index (Phi) is 6.78. The Bertz CT molecular complexity index is 1120. The molecule has 0 saturated carbocycles. The number of aryl methyl sites for hydroxylation is 1. The lowest BCUT2D eigenvalue weighted by Crippen LogP contribution is -2.38. The van der Waals surface area contributed by atoms with Crippen molar-refractivity contribution in [2.75, 3.05) is 67.7 Å². The van der Waals surface area contributed by atoms with Crippen LogP contribution in [0.15, 0.2) is 52.9 Å². The highest BCUT2D eigenvalue weighted by Crippen LogP contribution is 2.32. The van der Waals surface area contributed by atoms with Crippen molar-refractivity contribution in [2.45, 2.75) is 13.3 Å². The first-order valence-electron chi connectivity index (χ1n) is 11.8. The predicted octanol–water partition coefficient (Wildman–Crippen LogP) is 3.50. The van der Waals surface area contributed by atoms with E-state index in [1.54, 1.807) is 0 Å². The number of rotatable bonds is 6. The maximum absolute atomic E-state index is 13.0. The van der Waals surface area contributed by atoms with E-state index in [0.29, 0.717) is 30.6 Å². The van der Waals surface area contributed by atoms with Crippen molar-refractivity contribution in [3.63, 3.8) is 0 Å². The Balaban J connectivity index is 1.34. The molecule has 3 heterocycles. The number of carbonyl (C=O) groups is 1. The summed E-state index contributed by atoms with van der Waals surface area (Å²) in [5.41, 5.74) is 4.50. The first kappa shape index (κ1) is 22.4. The van der Waals surface area contributed by atoms with Crippen LogP contribution in [0.4, 0.5) is 17.1 Å². The van der Waals surface area contributed by atoms with Crippen LogP contribution in [0.3, 0.4) is 0 Å². The van der Waals surface area contributed by atoms with Crippen LogP contribution in [0.25, 0.3) is 11.5 Å². The number of anilines is 3. The van der Waals surface area contributed by atoms with Crippen molar-refractivity contribution in [3.05, 3.63) is 60.0 Å². The summed E-state index contributed by atoms with van der Waals surface area (Å²) in [6, 6.07) is 16.0. The SMILES string of the molecule is Cc1oc(-c2ccccc2)nc1CC(=O)Nc1ccc(N2CCOCC2)cc1N1CCOCC1. The molecule has 2 fully saturated rings. The number of morpholine rings is 2. The summed E-state index contributed by atoms with van der Waals surface area (Å²) in [6.07, 6.45) is 0.149. The van der Waals surface area contributed by atoms with Gasteiger partial charge in [0.1, 0.15) is 5.76 Å². The summed E-state index contributed by atoms with van der Waals surface area (Å²) < 4.78 is 16.9. The molecule has 2 aliphatic heterocycles. The molecule has 0 radical (unpaired) electrons. The minimum absolute atomic E-state index is 0.121. The number of nitrogens with zero attached hydrogens (tertiary/aromatic N) is 3. The summed E-state index contributed by atoms with van der Waals surface area (Å²) in [4.78, 5) is 22.2. The van der Waals surface area contributed by atoms with Gasteiger partial charge in [-0.05, 0) is 37.3 Å². The lowest BCUT2D eigenvalue weighted by molar-refractivity contribution is -0.115. The molecule has 0 aliphatic carbocycles. The monoisotopic (exact) mass is 462 g/mol. The third-order valence-corrected chi connectivity index (χ3v) is 6.22. The standard InChI is InChI=1S/C26H30N4O4/c1-19-23(28-26(34-19)20-5-3-2-4-6-20)18-25(31)27-22-8-7-21(29-9-13-32-14-10-29)17-24(22)30-11-15-33-16-12-30/h2-8,17H,9-16,18H2,1H3,(H,27,31). The molecule has 1 aromatic heterocycles. The van der Waals surface area contributed by atoms with Crippen LogP contribution in [0.5, 0.6) is 0 Å². The van der Waals surface area contributed by atoms with Crippen LogP contribution < -0.4 is 15.1 Å². The highest BCUT2D eigenvalue weighted by Gasteiger charge is 2.21. The molecular weight excluding hydrogens is 432 g/mol. The molecule has 178 valence electrons. The Morgan fingerprint density at radius 2 is 1.62 bits per heavy atom. The lowest BCUT2D eigenvalue weighted by atomic mass is 10.1. The van der Waals surface area contributed by atoms with E-state index >= 15 is 0 Å². The molecule has 1 amide bonds. The number of oxazole rings is 1. The maximum atomic E-state index is 13.0. The second-order valence-electron chi connectivity index (χ2n) is 8.51. The number of hydrogen-bond acceptors (Lipinski definition) is 7. The Morgan fingerprint density at radius 1 is 0.941 bits per heavy atom. The molecule has 1 N–H and O–H groups in total. The van der Waals surface area contributed by atoms with E-state index in [0.717, 1.165) is 62.0 Å². The Morgan fingerprint density at radius 3 is 2.32 bits per heavy atom. The van der Waals surface area contributed by atoms with Gasteiger partial charge in [0.05, 0.1) is 49.9 Å². The van der Waals surface area contributed by atoms with Gasteiger partial charge in [-0.2, -0.15) is 0 Å². The fourth-order valence-corrected chi connectivity index (χ4v) is 4.35. The summed E-state index contributed by atoms with van der Waals surface area (Å²) >= 11 is 0. The van der Waals surface area contributed by atoms with Crippen molar-refractivity contribution in [1.82, 2.24) is 4.98 Å². The average molecular weight is 463 g/mol. The van der Waals surface area contributed by atoms with Gasteiger partial charge in [-0.3, -0.25) is 4.79 Å². The van der Waals surface area contributed by atoms with Crippen molar-refractivity contribution < 1.29 is 18.7 Å². The molecule has 34 heavy (non-hydrogen) atoms. The molecule has 3 aromatic rings. The molecule has 0 unspecified atom stereocenters. The van der Waals surface area contributed by atoms with Gasteiger partial charge in [-0.25, -0.2) is 4.98 Å². The van der Waals surface area contributed by atoms with E-state index in [1.807, 2.05) is 43.3 Å². The zero-order valence-corrected chi connectivity index (χ0v) is 19.5. The molecular formula is C26H30N4O4. The summed E-state index contributed by atoms with van der Waals surface area (Å²) in [6.45, 7) is 7.97. The number of ether oxygens (including phenoxy) is 2. The van der Waals surface area contributed by atoms with E-state index in [2.05, 4.69) is 32.2 Å². The van der Waals surface area contributed by atoms with E-state index in [4.69, 9.17) is 13.9 Å². The zero-order chi connectivity index (χ0) is 23.3. The van der Waals surface area contributed by atoms with Crippen LogP contribution in [-0.2, 0) is 20.7 Å². The topological polar surface area (TPSA) is 80.1 Å². The minimum atomic E-state index is -0.121. The van der Waals surface area contributed by atoms with Crippen LogP contribution in [-0.4, -0.2) is 63.5 Å². The predicted molar refractivity (Wildman–Crippen MR) is 132 cm³/mol. The molecule has 8 nitrogen and oxygen atoms in total. The molecule has 5 rings (SSSR count). The van der Waals surface area contributed by atoms with Crippen LogP contribution >= 0.6 is 0 Å². The van der Waals surface area contributed by atoms with Crippen molar-refractivity contribution >= 4 is 23.0 Å². The van der Waals surface area contributed by atoms with Crippen molar-refractivity contribution in [3.8, 4) is 11.5 Å². The normalized spacial score (nSPS) is 16.5. The Labute approximate surface area is 199 Å². The van der Waals surface area contributed by atoms with Crippen molar-refractivity contribution in [2.24, 2.45) is 0 Å². The summed E-state index contributed by atoms with van der Waals surface area (Å²) in [5.74, 6) is 1.07. The molecule has 0 bridgehead atoms. The highest BCUT2D eigenvalue weighted by molar-refractivity contribution is 5.96. The van der Waals surface area contributed by atoms with E-state index in [1.165, 1.54) is 0 Å². The molecule has 2 saturated heterocycles. The quantitative estimate of drug-likeness (QED) is 0.601. The fourth-order valence-electron chi connectivity index (χ4n) is 4.35. The zero-order valence-electron chi connectivity index (χ0n) is 19.5. The van der Waals surface area contributed by atoms with Gasteiger partial charge < -0.3 is 29.0 Å². The van der Waals surface area contributed by atoms with E-state index in [-0.39, 0.29) is 12.3 Å². The van der Waals surface area contributed by atoms with Gasteiger partial charge in [0.2, 0.25) is 11.8 Å². The third-order valence-electron chi connectivity index (χ3n) is 6.22. The molecule has 2 aromatic carbocycles. The second-order valence-corrected chi connectivity index (χ2v) is 8.51. The van der Waals surface area contributed by atoms with Crippen LogP contribution in [0, 0.1) is 6.92 Å². The minimum Gasteiger partial charge on any atom is -0.441 e. The molecule has 8 heteroatoms. The van der Waals surface area contributed by atoms with Gasteiger partial charge >= 0.3 is 0 Å². The average Bonchev–Trinajstić information content (AvgIpc) is 3.25.